The molecule has 1 heterocycles. The molecule has 1 aromatic carbocycles. The summed E-state index contributed by atoms with van der Waals surface area (Å²) in [4.78, 5) is 4.19. The summed E-state index contributed by atoms with van der Waals surface area (Å²) in [6.07, 6.45) is 6.91. The summed E-state index contributed by atoms with van der Waals surface area (Å²) in [6, 6.07) is 12.7. The smallest absolute Gasteiger partial charge is 0.0406 e. The molecule has 1 unspecified atom stereocenters. The van der Waals surface area contributed by atoms with Crippen molar-refractivity contribution < 1.29 is 0 Å². The predicted molar refractivity (Wildman–Crippen MR) is 85.2 cm³/mol. The minimum atomic E-state index is 0.431. The second kappa shape index (κ2) is 8.03. The number of pyridine rings is 1. The molecule has 0 aliphatic carbocycles. The Balaban J connectivity index is 2.01. The van der Waals surface area contributed by atoms with Crippen LogP contribution in [0.15, 0.2) is 48.8 Å². The third-order valence-electron chi connectivity index (χ3n) is 3.28. The van der Waals surface area contributed by atoms with Crippen LogP contribution in [0.1, 0.15) is 24.5 Å². The minimum absolute atomic E-state index is 0.431. The molecule has 2 nitrogen and oxygen atoms in total. The highest BCUT2D eigenvalue weighted by Crippen LogP contribution is 2.13. The molecule has 2 rings (SSSR count). The molecule has 106 valence electrons. The standard InChI is InChI=1S/C17H21ClN2/c1-2-9-20-17(12-15-4-3-10-19-13-15)11-14-5-7-16(18)8-6-14/h3-8,10,13,17,20H,2,9,11-12H2,1H3. The molecule has 1 atom stereocenters. The maximum absolute atomic E-state index is 5.94. The van der Waals surface area contributed by atoms with Crippen molar-refractivity contribution in [2.45, 2.75) is 32.2 Å². The van der Waals surface area contributed by atoms with Crippen LogP contribution in [0, 0.1) is 0 Å². The summed E-state index contributed by atoms with van der Waals surface area (Å²) < 4.78 is 0. The van der Waals surface area contributed by atoms with Gasteiger partial charge in [-0.1, -0.05) is 36.7 Å². The van der Waals surface area contributed by atoms with Gasteiger partial charge in [0, 0.05) is 23.5 Å². The highest BCUT2D eigenvalue weighted by atomic mass is 35.5. The van der Waals surface area contributed by atoms with E-state index in [0.717, 1.165) is 30.8 Å². The molecule has 1 aromatic heterocycles. The highest BCUT2D eigenvalue weighted by Gasteiger charge is 2.10. The summed E-state index contributed by atoms with van der Waals surface area (Å²) in [6.45, 7) is 3.23. The second-order valence-corrected chi connectivity index (χ2v) is 5.48. The molecule has 2 aromatic rings. The normalized spacial score (nSPS) is 12.3. The molecule has 0 amide bonds. The molecule has 0 spiro atoms. The molecule has 0 radical (unpaired) electrons. The lowest BCUT2D eigenvalue weighted by atomic mass is 10.00. The third-order valence-corrected chi connectivity index (χ3v) is 3.54. The van der Waals surface area contributed by atoms with Crippen LogP contribution < -0.4 is 5.32 Å². The van der Waals surface area contributed by atoms with Crippen molar-refractivity contribution in [1.82, 2.24) is 10.3 Å². The molecule has 0 aliphatic heterocycles. The van der Waals surface area contributed by atoms with E-state index >= 15 is 0 Å². The van der Waals surface area contributed by atoms with Gasteiger partial charge in [-0.15, -0.1) is 0 Å². The largest absolute Gasteiger partial charge is 0.313 e. The molecular formula is C17H21ClN2. The van der Waals surface area contributed by atoms with Gasteiger partial charge in [0.15, 0.2) is 0 Å². The van der Waals surface area contributed by atoms with Gasteiger partial charge in [-0.25, -0.2) is 0 Å². The SMILES string of the molecule is CCCNC(Cc1ccc(Cl)cc1)Cc1cccnc1. The van der Waals surface area contributed by atoms with E-state index in [9.17, 15) is 0 Å². The first-order valence-electron chi connectivity index (χ1n) is 7.14. The summed E-state index contributed by atoms with van der Waals surface area (Å²) >= 11 is 5.94. The van der Waals surface area contributed by atoms with Crippen LogP contribution in [0.4, 0.5) is 0 Å². The van der Waals surface area contributed by atoms with Gasteiger partial charge in [0.25, 0.3) is 0 Å². The van der Waals surface area contributed by atoms with Crippen LogP contribution in [-0.2, 0) is 12.8 Å². The predicted octanol–water partition coefficient (Wildman–Crippen LogP) is 3.89. The zero-order chi connectivity index (χ0) is 14.2. The van der Waals surface area contributed by atoms with Crippen LogP contribution in [0.2, 0.25) is 5.02 Å². The lowest BCUT2D eigenvalue weighted by molar-refractivity contribution is 0.504. The van der Waals surface area contributed by atoms with Crippen LogP contribution in [0.5, 0.6) is 0 Å². The Kier molecular flexibility index (Phi) is 6.03. The molecule has 0 bridgehead atoms. The van der Waals surface area contributed by atoms with E-state index in [2.05, 4.69) is 35.4 Å². The average Bonchev–Trinajstić information content (AvgIpc) is 2.48. The van der Waals surface area contributed by atoms with Crippen molar-refractivity contribution in [3.05, 3.63) is 64.9 Å². The average molecular weight is 289 g/mol. The number of halogens is 1. The van der Waals surface area contributed by atoms with E-state index in [1.54, 1.807) is 0 Å². The maximum atomic E-state index is 5.94. The summed E-state index contributed by atoms with van der Waals surface area (Å²) in [5, 5.41) is 4.41. The summed E-state index contributed by atoms with van der Waals surface area (Å²) in [5.41, 5.74) is 2.59. The lowest BCUT2D eigenvalue weighted by Crippen LogP contribution is -2.33. The number of nitrogens with zero attached hydrogens (tertiary/aromatic N) is 1. The fourth-order valence-corrected chi connectivity index (χ4v) is 2.40. The van der Waals surface area contributed by atoms with Gasteiger partial charge in [0.2, 0.25) is 0 Å². The molecular weight excluding hydrogens is 268 g/mol. The number of aromatic nitrogens is 1. The zero-order valence-corrected chi connectivity index (χ0v) is 12.6. The molecule has 3 heteroatoms. The number of benzene rings is 1. The molecule has 20 heavy (non-hydrogen) atoms. The van der Waals surface area contributed by atoms with E-state index in [0.29, 0.717) is 6.04 Å². The topological polar surface area (TPSA) is 24.9 Å². The number of rotatable bonds is 7. The second-order valence-electron chi connectivity index (χ2n) is 5.05. The lowest BCUT2D eigenvalue weighted by Gasteiger charge is -2.18. The monoisotopic (exact) mass is 288 g/mol. The van der Waals surface area contributed by atoms with Gasteiger partial charge in [0.05, 0.1) is 0 Å². The van der Waals surface area contributed by atoms with Crippen LogP contribution in [-0.4, -0.2) is 17.6 Å². The Morgan fingerprint density at radius 2 is 1.85 bits per heavy atom. The minimum Gasteiger partial charge on any atom is -0.313 e. The van der Waals surface area contributed by atoms with Crippen molar-refractivity contribution in [1.29, 1.82) is 0 Å². The van der Waals surface area contributed by atoms with Crippen LogP contribution in [0.3, 0.4) is 0 Å². The number of hydrogen-bond acceptors (Lipinski definition) is 2. The Bertz CT molecular complexity index is 496. The molecule has 0 fully saturated rings. The summed E-state index contributed by atoms with van der Waals surface area (Å²) in [5.74, 6) is 0. The van der Waals surface area contributed by atoms with E-state index < -0.39 is 0 Å². The van der Waals surface area contributed by atoms with Crippen molar-refractivity contribution >= 4 is 11.6 Å². The highest BCUT2D eigenvalue weighted by molar-refractivity contribution is 6.30. The van der Waals surface area contributed by atoms with Crippen molar-refractivity contribution in [3.63, 3.8) is 0 Å². The number of nitrogens with one attached hydrogen (secondary N) is 1. The molecule has 0 aliphatic rings. The fraction of sp³-hybridized carbons (Fsp3) is 0.353. The van der Waals surface area contributed by atoms with Gasteiger partial charge < -0.3 is 5.32 Å². The van der Waals surface area contributed by atoms with Crippen molar-refractivity contribution in [2.75, 3.05) is 6.54 Å². The van der Waals surface area contributed by atoms with Gasteiger partial charge >= 0.3 is 0 Å². The van der Waals surface area contributed by atoms with Gasteiger partial charge in [-0.2, -0.15) is 0 Å². The van der Waals surface area contributed by atoms with Gasteiger partial charge in [-0.3, -0.25) is 4.98 Å². The van der Waals surface area contributed by atoms with Crippen molar-refractivity contribution in [3.8, 4) is 0 Å². The Labute approximate surface area is 126 Å². The first-order valence-corrected chi connectivity index (χ1v) is 7.52. The quantitative estimate of drug-likeness (QED) is 0.836. The van der Waals surface area contributed by atoms with Gasteiger partial charge in [-0.05, 0) is 55.1 Å². The first kappa shape index (κ1) is 15.0. The van der Waals surface area contributed by atoms with E-state index in [1.165, 1.54) is 11.1 Å². The fourth-order valence-electron chi connectivity index (χ4n) is 2.27. The first-order chi connectivity index (χ1) is 9.78. The molecule has 0 saturated carbocycles. The Hall–Kier alpha value is -1.38. The Morgan fingerprint density at radius 1 is 1.10 bits per heavy atom. The summed E-state index contributed by atoms with van der Waals surface area (Å²) in [7, 11) is 0. The van der Waals surface area contributed by atoms with Crippen LogP contribution in [0.25, 0.3) is 0 Å². The van der Waals surface area contributed by atoms with E-state index in [1.807, 2.05) is 30.6 Å². The maximum Gasteiger partial charge on any atom is 0.0406 e. The zero-order valence-electron chi connectivity index (χ0n) is 11.8. The number of hydrogen-bond donors (Lipinski definition) is 1. The Morgan fingerprint density at radius 3 is 2.50 bits per heavy atom. The van der Waals surface area contributed by atoms with Gasteiger partial charge in [0.1, 0.15) is 0 Å². The molecule has 0 saturated heterocycles. The van der Waals surface area contributed by atoms with E-state index in [-0.39, 0.29) is 0 Å². The molecule has 1 N–H and O–H groups in total. The van der Waals surface area contributed by atoms with Crippen molar-refractivity contribution in [2.24, 2.45) is 0 Å². The third kappa shape index (κ3) is 4.95. The van der Waals surface area contributed by atoms with Crippen LogP contribution >= 0.6 is 11.6 Å². The van der Waals surface area contributed by atoms with E-state index in [4.69, 9.17) is 11.6 Å².